The van der Waals surface area contributed by atoms with Crippen LogP contribution in [-0.2, 0) is 14.4 Å². The number of carbonyl (C=O) groups excluding carboxylic acids is 2. The lowest BCUT2D eigenvalue weighted by atomic mass is 9.77. The van der Waals surface area contributed by atoms with Gasteiger partial charge in [-0.1, -0.05) is 25.8 Å². The minimum Gasteiger partial charge on any atom is -0.480 e. The first-order valence-electron chi connectivity index (χ1n) is 9.45. The van der Waals surface area contributed by atoms with Gasteiger partial charge in [0.25, 0.3) is 0 Å². The number of aliphatic carboxylic acids is 1. The van der Waals surface area contributed by atoms with Gasteiger partial charge in [-0.25, -0.2) is 0 Å². The highest BCUT2D eigenvalue weighted by Gasteiger charge is 2.69. The van der Waals surface area contributed by atoms with Gasteiger partial charge in [0.1, 0.15) is 5.54 Å². The largest absolute Gasteiger partial charge is 0.480 e. The Hall–Kier alpha value is -2.28. The lowest BCUT2D eigenvalue weighted by Crippen LogP contribution is -2.57. The molecule has 0 bridgehead atoms. The van der Waals surface area contributed by atoms with Crippen molar-refractivity contribution >= 4 is 17.8 Å². The highest BCUT2D eigenvalue weighted by molar-refractivity contribution is 6.10. The van der Waals surface area contributed by atoms with E-state index in [0.29, 0.717) is 18.5 Å². The van der Waals surface area contributed by atoms with Crippen molar-refractivity contribution in [2.24, 2.45) is 11.8 Å². The number of amides is 2. The standard InChI is InChI=1S/C20H27N3O4/c1-5-6-10-20(18(26)27)14-13(15(22-20)12-9-7-8-11-21-12)16(24)23(17(14)25)19(2,3)4/h7-9,11,13-15,22H,5-6,10H2,1-4H3,(H,26,27). The van der Waals surface area contributed by atoms with Gasteiger partial charge in [-0.15, -0.1) is 0 Å². The number of nitrogens with zero attached hydrogens (tertiary/aromatic N) is 2. The van der Waals surface area contributed by atoms with Crippen LogP contribution in [0.4, 0.5) is 0 Å². The van der Waals surface area contributed by atoms with Gasteiger partial charge in [-0.2, -0.15) is 0 Å². The number of aromatic nitrogens is 1. The molecule has 3 heterocycles. The summed E-state index contributed by atoms with van der Waals surface area (Å²) in [7, 11) is 0. The number of imide groups is 1. The predicted octanol–water partition coefficient (Wildman–Crippen LogP) is 2.14. The maximum absolute atomic E-state index is 13.3. The first-order chi connectivity index (χ1) is 12.6. The summed E-state index contributed by atoms with van der Waals surface area (Å²) in [6, 6.07) is 4.73. The van der Waals surface area contributed by atoms with Crippen LogP contribution in [-0.4, -0.2) is 43.9 Å². The molecule has 0 aromatic carbocycles. The molecule has 4 unspecified atom stereocenters. The second-order valence-corrected chi connectivity index (χ2v) is 8.44. The summed E-state index contributed by atoms with van der Waals surface area (Å²) in [6.07, 6.45) is 3.35. The van der Waals surface area contributed by atoms with Crippen molar-refractivity contribution in [2.45, 2.75) is 64.1 Å². The van der Waals surface area contributed by atoms with Gasteiger partial charge in [0.2, 0.25) is 11.8 Å². The SMILES string of the molecule is CCCCC1(C(=O)O)NC(c2ccccn2)C2C(=O)N(C(C)(C)C)C(=O)C21. The van der Waals surface area contributed by atoms with Crippen molar-refractivity contribution in [3.05, 3.63) is 30.1 Å². The molecule has 2 aliphatic rings. The minimum atomic E-state index is -1.46. The van der Waals surface area contributed by atoms with Crippen molar-refractivity contribution < 1.29 is 19.5 Å². The summed E-state index contributed by atoms with van der Waals surface area (Å²) in [5.41, 5.74) is -1.58. The normalized spacial score (nSPS) is 30.7. The number of nitrogens with one attached hydrogen (secondary N) is 1. The molecule has 1 aromatic heterocycles. The van der Waals surface area contributed by atoms with Crippen molar-refractivity contribution in [1.82, 2.24) is 15.2 Å². The highest BCUT2D eigenvalue weighted by Crippen LogP contribution is 2.51. The zero-order chi connectivity index (χ0) is 20.0. The summed E-state index contributed by atoms with van der Waals surface area (Å²) in [5.74, 6) is -3.50. The Morgan fingerprint density at radius 1 is 1.30 bits per heavy atom. The van der Waals surface area contributed by atoms with Crippen molar-refractivity contribution in [1.29, 1.82) is 0 Å². The number of carboxylic acids is 1. The molecular weight excluding hydrogens is 346 g/mol. The van der Waals surface area contributed by atoms with Crippen LogP contribution in [0.5, 0.6) is 0 Å². The summed E-state index contributed by atoms with van der Waals surface area (Å²) in [5, 5.41) is 13.3. The molecule has 0 radical (unpaired) electrons. The summed E-state index contributed by atoms with van der Waals surface area (Å²) in [6.45, 7) is 7.35. The second-order valence-electron chi connectivity index (χ2n) is 8.44. The topological polar surface area (TPSA) is 99.6 Å². The van der Waals surface area contributed by atoms with Gasteiger partial charge in [-0.05, 0) is 39.3 Å². The molecule has 4 atom stereocenters. The Morgan fingerprint density at radius 2 is 2.00 bits per heavy atom. The molecule has 2 aliphatic heterocycles. The van der Waals surface area contributed by atoms with Crippen molar-refractivity contribution in [3.63, 3.8) is 0 Å². The lowest BCUT2D eigenvalue weighted by molar-refractivity contribution is -0.154. The Kier molecular flexibility index (Phi) is 4.84. The Morgan fingerprint density at radius 3 is 2.52 bits per heavy atom. The van der Waals surface area contributed by atoms with E-state index in [1.54, 1.807) is 45.2 Å². The number of rotatable bonds is 5. The fourth-order valence-corrected chi connectivity index (χ4v) is 4.47. The van der Waals surface area contributed by atoms with E-state index in [1.165, 1.54) is 4.90 Å². The fraction of sp³-hybridized carbons (Fsp3) is 0.600. The van der Waals surface area contributed by atoms with Gasteiger partial charge >= 0.3 is 5.97 Å². The van der Waals surface area contributed by atoms with Crippen LogP contribution in [0.15, 0.2) is 24.4 Å². The molecule has 0 saturated carbocycles. The summed E-state index contributed by atoms with van der Waals surface area (Å²) in [4.78, 5) is 44.5. The zero-order valence-electron chi connectivity index (χ0n) is 16.2. The van der Waals surface area contributed by atoms with Gasteiger partial charge < -0.3 is 5.11 Å². The molecule has 2 amide bonds. The average Bonchev–Trinajstić information content (AvgIpc) is 3.08. The molecule has 1 aromatic rings. The number of carboxylic acid groups (broad SMARTS) is 1. The minimum absolute atomic E-state index is 0.292. The summed E-state index contributed by atoms with van der Waals surface area (Å²) < 4.78 is 0. The van der Waals surface area contributed by atoms with E-state index in [1.807, 2.05) is 6.92 Å². The van der Waals surface area contributed by atoms with Gasteiger partial charge in [0, 0.05) is 11.7 Å². The van der Waals surface area contributed by atoms with Crippen LogP contribution in [0.3, 0.4) is 0 Å². The number of pyridine rings is 1. The van der Waals surface area contributed by atoms with E-state index in [0.717, 1.165) is 6.42 Å². The van der Waals surface area contributed by atoms with Crippen LogP contribution >= 0.6 is 0 Å². The van der Waals surface area contributed by atoms with Gasteiger partial charge in [-0.3, -0.25) is 29.6 Å². The second kappa shape index (κ2) is 6.71. The van der Waals surface area contributed by atoms with Crippen molar-refractivity contribution in [2.75, 3.05) is 0 Å². The van der Waals surface area contributed by atoms with E-state index in [9.17, 15) is 19.5 Å². The molecule has 7 heteroatoms. The maximum atomic E-state index is 13.3. The molecule has 0 spiro atoms. The molecule has 0 aliphatic carbocycles. The van der Waals surface area contributed by atoms with Gasteiger partial charge in [0.05, 0.1) is 23.6 Å². The van der Waals surface area contributed by atoms with Crippen LogP contribution in [0.25, 0.3) is 0 Å². The van der Waals surface area contributed by atoms with Crippen LogP contribution in [0.2, 0.25) is 0 Å². The third kappa shape index (κ3) is 2.94. The fourth-order valence-electron chi connectivity index (χ4n) is 4.47. The maximum Gasteiger partial charge on any atom is 0.324 e. The van der Waals surface area contributed by atoms with Crippen LogP contribution in [0.1, 0.15) is 58.7 Å². The van der Waals surface area contributed by atoms with E-state index in [-0.39, 0.29) is 5.91 Å². The van der Waals surface area contributed by atoms with Gasteiger partial charge in [0.15, 0.2) is 0 Å². The number of carbonyl (C=O) groups is 3. The van der Waals surface area contributed by atoms with Crippen LogP contribution in [0, 0.1) is 11.8 Å². The molecule has 2 N–H and O–H groups in total. The molecule has 2 fully saturated rings. The average molecular weight is 373 g/mol. The quantitative estimate of drug-likeness (QED) is 0.767. The molecule has 146 valence electrons. The number of unbranched alkanes of at least 4 members (excludes halogenated alkanes) is 1. The van der Waals surface area contributed by atoms with Crippen LogP contribution < -0.4 is 5.32 Å². The number of fused-ring (bicyclic) bond motifs is 1. The Balaban J connectivity index is 2.15. The first-order valence-corrected chi connectivity index (χ1v) is 9.45. The third-order valence-corrected chi connectivity index (χ3v) is 5.64. The van der Waals surface area contributed by atoms with E-state index in [2.05, 4.69) is 10.3 Å². The van der Waals surface area contributed by atoms with Crippen molar-refractivity contribution in [3.8, 4) is 0 Å². The smallest absolute Gasteiger partial charge is 0.324 e. The Labute approximate surface area is 159 Å². The van der Waals surface area contributed by atoms with E-state index >= 15 is 0 Å². The number of hydrogen-bond acceptors (Lipinski definition) is 5. The number of hydrogen-bond donors (Lipinski definition) is 2. The molecule has 7 nitrogen and oxygen atoms in total. The van der Waals surface area contributed by atoms with E-state index < -0.39 is 40.8 Å². The zero-order valence-corrected chi connectivity index (χ0v) is 16.2. The first kappa shape index (κ1) is 19.5. The molecule has 27 heavy (non-hydrogen) atoms. The molecule has 3 rings (SSSR count). The Bertz CT molecular complexity index is 758. The number of likely N-dealkylation sites (tertiary alicyclic amines) is 1. The predicted molar refractivity (Wildman–Crippen MR) is 98.6 cm³/mol. The molecule has 2 saturated heterocycles. The highest BCUT2D eigenvalue weighted by atomic mass is 16.4. The van der Waals surface area contributed by atoms with E-state index in [4.69, 9.17) is 0 Å². The monoisotopic (exact) mass is 373 g/mol. The summed E-state index contributed by atoms with van der Waals surface area (Å²) >= 11 is 0. The molecular formula is C20H27N3O4. The lowest BCUT2D eigenvalue weighted by Gasteiger charge is -2.35. The third-order valence-electron chi connectivity index (χ3n) is 5.64.